The van der Waals surface area contributed by atoms with Crippen LogP contribution in [0.2, 0.25) is 0 Å². The molecule has 0 bridgehead atoms. The SMILES string of the molecule is CCC1CCCCC1Oc1cccc(F)c1C(N)=S. The van der Waals surface area contributed by atoms with Gasteiger partial charge in [-0.15, -0.1) is 0 Å². The molecule has 0 radical (unpaired) electrons. The lowest BCUT2D eigenvalue weighted by molar-refractivity contribution is 0.0899. The number of hydrogen-bond donors (Lipinski definition) is 1. The average molecular weight is 281 g/mol. The van der Waals surface area contributed by atoms with E-state index in [4.69, 9.17) is 22.7 Å². The van der Waals surface area contributed by atoms with Crippen molar-refractivity contribution < 1.29 is 9.13 Å². The molecule has 2 rings (SSSR count). The Morgan fingerprint density at radius 2 is 2.16 bits per heavy atom. The fourth-order valence-electron chi connectivity index (χ4n) is 2.80. The maximum Gasteiger partial charge on any atom is 0.137 e. The van der Waals surface area contributed by atoms with Crippen LogP contribution in [0, 0.1) is 11.7 Å². The Balaban J connectivity index is 2.22. The fourth-order valence-corrected chi connectivity index (χ4v) is 3.00. The minimum Gasteiger partial charge on any atom is -0.489 e. The lowest BCUT2D eigenvalue weighted by atomic mass is 9.84. The molecule has 0 heterocycles. The lowest BCUT2D eigenvalue weighted by Gasteiger charge is -2.31. The molecule has 0 amide bonds. The maximum absolute atomic E-state index is 13.8. The molecule has 2 nitrogen and oxygen atoms in total. The largest absolute Gasteiger partial charge is 0.489 e. The van der Waals surface area contributed by atoms with Gasteiger partial charge in [0.1, 0.15) is 22.7 Å². The van der Waals surface area contributed by atoms with E-state index in [-0.39, 0.29) is 16.7 Å². The first-order valence-corrected chi connectivity index (χ1v) is 7.29. The molecule has 0 saturated heterocycles. The fraction of sp³-hybridized carbons (Fsp3) is 0.533. The molecule has 19 heavy (non-hydrogen) atoms. The van der Waals surface area contributed by atoms with Crippen LogP contribution >= 0.6 is 12.2 Å². The van der Waals surface area contributed by atoms with E-state index in [1.165, 1.54) is 25.3 Å². The van der Waals surface area contributed by atoms with E-state index in [1.807, 2.05) is 0 Å². The van der Waals surface area contributed by atoms with Crippen molar-refractivity contribution in [3.8, 4) is 5.75 Å². The Hall–Kier alpha value is -1.16. The van der Waals surface area contributed by atoms with E-state index >= 15 is 0 Å². The summed E-state index contributed by atoms with van der Waals surface area (Å²) >= 11 is 4.92. The minimum absolute atomic E-state index is 0.0527. The van der Waals surface area contributed by atoms with Crippen LogP contribution < -0.4 is 10.5 Å². The number of ether oxygens (including phenoxy) is 1. The van der Waals surface area contributed by atoms with E-state index in [1.54, 1.807) is 12.1 Å². The van der Waals surface area contributed by atoms with Gasteiger partial charge in [-0.05, 0) is 43.7 Å². The van der Waals surface area contributed by atoms with Crippen molar-refractivity contribution in [2.24, 2.45) is 11.7 Å². The predicted octanol–water partition coefficient (Wildman–Crippen LogP) is 3.81. The Kier molecular flexibility index (Phi) is 4.75. The summed E-state index contributed by atoms with van der Waals surface area (Å²) in [6, 6.07) is 4.74. The molecule has 1 aliphatic carbocycles. The minimum atomic E-state index is -0.408. The van der Waals surface area contributed by atoms with Crippen LogP contribution in [0.15, 0.2) is 18.2 Å². The third kappa shape index (κ3) is 3.24. The van der Waals surface area contributed by atoms with Crippen molar-refractivity contribution in [2.75, 3.05) is 0 Å². The Bertz CT molecular complexity index is 463. The van der Waals surface area contributed by atoms with Gasteiger partial charge in [-0.2, -0.15) is 0 Å². The van der Waals surface area contributed by atoms with Crippen molar-refractivity contribution in [1.29, 1.82) is 0 Å². The second kappa shape index (κ2) is 6.33. The van der Waals surface area contributed by atoms with Crippen molar-refractivity contribution in [3.05, 3.63) is 29.6 Å². The van der Waals surface area contributed by atoms with E-state index in [9.17, 15) is 4.39 Å². The summed E-state index contributed by atoms with van der Waals surface area (Å²) in [7, 11) is 0. The van der Waals surface area contributed by atoms with Gasteiger partial charge in [0, 0.05) is 0 Å². The van der Waals surface area contributed by atoms with Crippen LogP contribution in [-0.4, -0.2) is 11.1 Å². The average Bonchev–Trinajstić information content (AvgIpc) is 2.39. The lowest BCUT2D eigenvalue weighted by Crippen LogP contribution is -2.30. The van der Waals surface area contributed by atoms with Gasteiger partial charge in [-0.1, -0.05) is 31.6 Å². The van der Waals surface area contributed by atoms with Crippen LogP contribution in [0.5, 0.6) is 5.75 Å². The van der Waals surface area contributed by atoms with E-state index < -0.39 is 5.82 Å². The highest BCUT2D eigenvalue weighted by Crippen LogP contribution is 2.32. The second-order valence-corrected chi connectivity index (χ2v) is 5.53. The normalized spacial score (nSPS) is 23.1. The molecule has 104 valence electrons. The summed E-state index contributed by atoms with van der Waals surface area (Å²) in [5, 5.41) is 0. The highest BCUT2D eigenvalue weighted by atomic mass is 32.1. The van der Waals surface area contributed by atoms with Crippen molar-refractivity contribution in [1.82, 2.24) is 0 Å². The smallest absolute Gasteiger partial charge is 0.137 e. The standard InChI is InChI=1S/C15H20FNOS/c1-2-10-6-3-4-8-12(10)18-13-9-5-7-11(16)14(13)15(17)19/h5,7,9-10,12H,2-4,6,8H2,1H3,(H2,17,19). The van der Waals surface area contributed by atoms with Crippen LogP contribution in [0.4, 0.5) is 4.39 Å². The van der Waals surface area contributed by atoms with Crippen molar-refractivity contribution in [3.63, 3.8) is 0 Å². The van der Waals surface area contributed by atoms with E-state index in [2.05, 4.69) is 6.92 Å². The molecule has 4 heteroatoms. The van der Waals surface area contributed by atoms with E-state index in [0.717, 1.165) is 12.8 Å². The Labute approximate surface area is 119 Å². The van der Waals surface area contributed by atoms with Gasteiger partial charge in [0.15, 0.2) is 0 Å². The van der Waals surface area contributed by atoms with Gasteiger partial charge in [0.05, 0.1) is 5.56 Å². The van der Waals surface area contributed by atoms with Gasteiger partial charge >= 0.3 is 0 Å². The molecule has 0 aliphatic heterocycles. The van der Waals surface area contributed by atoms with Gasteiger partial charge in [-0.3, -0.25) is 0 Å². The molecule has 1 aliphatic rings. The Morgan fingerprint density at radius 1 is 1.42 bits per heavy atom. The first-order valence-electron chi connectivity index (χ1n) is 6.88. The molecule has 0 spiro atoms. The highest BCUT2D eigenvalue weighted by molar-refractivity contribution is 7.80. The maximum atomic E-state index is 13.8. The first kappa shape index (κ1) is 14.3. The zero-order valence-electron chi connectivity index (χ0n) is 11.2. The Morgan fingerprint density at radius 3 is 2.84 bits per heavy atom. The topological polar surface area (TPSA) is 35.2 Å². The number of hydrogen-bond acceptors (Lipinski definition) is 2. The molecule has 2 atom stereocenters. The summed E-state index contributed by atoms with van der Waals surface area (Å²) in [5.41, 5.74) is 5.83. The molecule has 1 saturated carbocycles. The molecule has 0 aromatic heterocycles. The predicted molar refractivity (Wildman–Crippen MR) is 79.0 cm³/mol. The highest BCUT2D eigenvalue weighted by Gasteiger charge is 2.26. The number of benzene rings is 1. The van der Waals surface area contributed by atoms with Gasteiger partial charge in [0.25, 0.3) is 0 Å². The molecule has 1 aromatic carbocycles. The molecule has 2 N–H and O–H groups in total. The number of nitrogens with two attached hydrogens (primary N) is 1. The first-order chi connectivity index (χ1) is 9.13. The monoisotopic (exact) mass is 281 g/mol. The summed E-state index contributed by atoms with van der Waals surface area (Å²) in [6.07, 6.45) is 5.85. The molecular formula is C15H20FNOS. The molecule has 1 aromatic rings. The third-order valence-corrected chi connectivity index (χ3v) is 4.07. The molecular weight excluding hydrogens is 261 g/mol. The van der Waals surface area contributed by atoms with Gasteiger partial charge in [-0.25, -0.2) is 4.39 Å². The summed E-state index contributed by atoms with van der Waals surface area (Å²) in [5.74, 6) is 0.614. The number of thiocarbonyl (C=S) groups is 1. The summed E-state index contributed by atoms with van der Waals surface area (Å²) in [6.45, 7) is 2.17. The van der Waals surface area contributed by atoms with Crippen molar-refractivity contribution in [2.45, 2.75) is 45.1 Å². The van der Waals surface area contributed by atoms with Gasteiger partial charge < -0.3 is 10.5 Å². The van der Waals surface area contributed by atoms with Crippen LogP contribution in [0.1, 0.15) is 44.6 Å². The van der Waals surface area contributed by atoms with Crippen LogP contribution in [0.3, 0.4) is 0 Å². The number of rotatable bonds is 4. The second-order valence-electron chi connectivity index (χ2n) is 5.09. The third-order valence-electron chi connectivity index (χ3n) is 3.86. The zero-order chi connectivity index (χ0) is 13.8. The van der Waals surface area contributed by atoms with E-state index in [0.29, 0.717) is 11.7 Å². The van der Waals surface area contributed by atoms with Gasteiger partial charge in [0.2, 0.25) is 0 Å². The van der Waals surface area contributed by atoms with Crippen molar-refractivity contribution >= 4 is 17.2 Å². The number of halogens is 1. The summed E-state index contributed by atoms with van der Waals surface area (Å²) in [4.78, 5) is 0.0527. The van der Waals surface area contributed by atoms with Crippen LogP contribution in [-0.2, 0) is 0 Å². The quantitative estimate of drug-likeness (QED) is 0.852. The molecule has 1 fully saturated rings. The van der Waals surface area contributed by atoms with Crippen LogP contribution in [0.25, 0.3) is 0 Å². The summed E-state index contributed by atoms with van der Waals surface area (Å²) < 4.78 is 19.8. The zero-order valence-corrected chi connectivity index (χ0v) is 12.0. The molecule has 2 unspecified atom stereocenters.